The summed E-state index contributed by atoms with van der Waals surface area (Å²) in [7, 11) is 0. The van der Waals surface area contributed by atoms with Crippen molar-refractivity contribution in [2.24, 2.45) is 11.7 Å². The first-order valence-corrected chi connectivity index (χ1v) is 9.32. The lowest BCUT2D eigenvalue weighted by atomic mass is 10.0. The summed E-state index contributed by atoms with van der Waals surface area (Å²) in [5.41, 5.74) is 5.83. The Morgan fingerprint density at radius 3 is 2.54 bits per heavy atom. The zero-order chi connectivity index (χ0) is 19.8. The number of aromatic nitrogens is 2. The Bertz CT molecular complexity index is 914. The van der Waals surface area contributed by atoms with Crippen LogP contribution < -0.4 is 10.6 Å². The quantitative estimate of drug-likeness (QED) is 0.862. The van der Waals surface area contributed by atoms with Crippen LogP contribution in [0.4, 0.5) is 14.6 Å². The third-order valence-corrected chi connectivity index (χ3v) is 5.56. The summed E-state index contributed by atoms with van der Waals surface area (Å²) in [5.74, 6) is -0.892. The van der Waals surface area contributed by atoms with Crippen molar-refractivity contribution in [2.75, 3.05) is 24.5 Å². The lowest BCUT2D eigenvalue weighted by molar-refractivity contribution is -0.130. The molecule has 1 aromatic heterocycles. The molecule has 3 heterocycles. The molecule has 2 aromatic rings. The molecule has 2 saturated heterocycles. The highest BCUT2D eigenvalue weighted by atomic mass is 19.3. The number of nitrogens with zero attached hydrogens (tertiary/aromatic N) is 4. The monoisotopic (exact) mass is 389 g/mol. The fraction of sp³-hybridized carbons (Fsp3) is 0.474. The second kappa shape index (κ2) is 7.29. The fourth-order valence-electron chi connectivity index (χ4n) is 4.08. The van der Waals surface area contributed by atoms with E-state index in [0.717, 1.165) is 5.39 Å². The molecule has 1 aromatic carbocycles. The molecule has 2 N–H and O–H groups in total. The van der Waals surface area contributed by atoms with Crippen LogP contribution in [0.25, 0.3) is 10.9 Å². The standard InChI is InChI=1S/C19H21F2N5O2/c20-16(21)18-23-14-4-2-1-3-13(14)19(24-18)25-7-5-12(6-8-25)26-10-11(17(22)28)9-15(26)27/h1-4,11-12,16H,5-10H2,(H2,22,28). The van der Waals surface area contributed by atoms with Crippen molar-refractivity contribution in [3.63, 3.8) is 0 Å². The van der Waals surface area contributed by atoms with Crippen LogP contribution in [-0.4, -0.2) is 52.4 Å². The van der Waals surface area contributed by atoms with Gasteiger partial charge in [-0.3, -0.25) is 9.59 Å². The third-order valence-electron chi connectivity index (χ3n) is 5.56. The molecule has 7 nitrogen and oxygen atoms in total. The van der Waals surface area contributed by atoms with E-state index < -0.39 is 24.1 Å². The number of rotatable bonds is 4. The summed E-state index contributed by atoms with van der Waals surface area (Å²) in [6.45, 7) is 1.53. The van der Waals surface area contributed by atoms with Crippen molar-refractivity contribution in [1.29, 1.82) is 0 Å². The van der Waals surface area contributed by atoms with Gasteiger partial charge in [0.15, 0.2) is 5.82 Å². The number of piperidine rings is 1. The van der Waals surface area contributed by atoms with Gasteiger partial charge in [-0.25, -0.2) is 18.7 Å². The smallest absolute Gasteiger partial charge is 0.297 e. The Morgan fingerprint density at radius 1 is 1.18 bits per heavy atom. The predicted octanol–water partition coefficient (Wildman–Crippen LogP) is 1.87. The van der Waals surface area contributed by atoms with E-state index in [4.69, 9.17) is 5.73 Å². The Morgan fingerprint density at radius 2 is 1.89 bits per heavy atom. The van der Waals surface area contributed by atoms with Gasteiger partial charge in [-0.05, 0) is 25.0 Å². The van der Waals surface area contributed by atoms with Gasteiger partial charge in [0.25, 0.3) is 6.43 Å². The Kier molecular flexibility index (Phi) is 4.82. The highest BCUT2D eigenvalue weighted by molar-refractivity contribution is 5.90. The molecule has 148 valence electrons. The molecule has 1 atom stereocenters. The van der Waals surface area contributed by atoms with Gasteiger partial charge in [-0.1, -0.05) is 12.1 Å². The molecule has 0 radical (unpaired) electrons. The van der Waals surface area contributed by atoms with Crippen molar-refractivity contribution in [3.8, 4) is 0 Å². The number of fused-ring (bicyclic) bond motifs is 1. The number of nitrogens with two attached hydrogens (primary N) is 1. The topological polar surface area (TPSA) is 92.4 Å². The maximum atomic E-state index is 13.2. The Labute approximate surface area is 160 Å². The molecular weight excluding hydrogens is 368 g/mol. The zero-order valence-corrected chi connectivity index (χ0v) is 15.2. The van der Waals surface area contributed by atoms with E-state index in [2.05, 4.69) is 9.97 Å². The molecule has 2 fully saturated rings. The van der Waals surface area contributed by atoms with Crippen LogP contribution in [0.1, 0.15) is 31.5 Å². The number of amides is 2. The first-order valence-electron chi connectivity index (χ1n) is 9.32. The lowest BCUT2D eigenvalue weighted by Gasteiger charge is -2.37. The van der Waals surface area contributed by atoms with Gasteiger partial charge >= 0.3 is 0 Å². The number of carbonyl (C=O) groups excluding carboxylic acids is 2. The minimum Gasteiger partial charge on any atom is -0.369 e. The van der Waals surface area contributed by atoms with Crippen LogP contribution in [0.2, 0.25) is 0 Å². The van der Waals surface area contributed by atoms with Crippen LogP contribution in [0.5, 0.6) is 0 Å². The number of primary amides is 1. The summed E-state index contributed by atoms with van der Waals surface area (Å²) in [6, 6.07) is 7.14. The molecule has 4 rings (SSSR count). The van der Waals surface area contributed by atoms with Crippen LogP contribution >= 0.6 is 0 Å². The van der Waals surface area contributed by atoms with Gasteiger partial charge < -0.3 is 15.5 Å². The number of benzene rings is 1. The van der Waals surface area contributed by atoms with E-state index >= 15 is 0 Å². The summed E-state index contributed by atoms with van der Waals surface area (Å²) in [6.07, 6.45) is -1.21. The van der Waals surface area contributed by atoms with Gasteiger partial charge in [0.2, 0.25) is 11.8 Å². The molecule has 28 heavy (non-hydrogen) atoms. The second-order valence-corrected chi connectivity index (χ2v) is 7.29. The van der Waals surface area contributed by atoms with Gasteiger partial charge in [0.05, 0.1) is 11.4 Å². The van der Waals surface area contributed by atoms with Crippen LogP contribution in [0, 0.1) is 5.92 Å². The summed E-state index contributed by atoms with van der Waals surface area (Å²) in [5, 5.41) is 0.733. The Balaban J connectivity index is 1.53. The highest BCUT2D eigenvalue weighted by Gasteiger charge is 2.38. The van der Waals surface area contributed by atoms with Crippen molar-refractivity contribution in [1.82, 2.24) is 14.9 Å². The van der Waals surface area contributed by atoms with E-state index in [1.807, 2.05) is 17.0 Å². The molecule has 0 bridgehead atoms. The molecular formula is C19H21F2N5O2. The molecule has 0 saturated carbocycles. The number of anilines is 1. The van der Waals surface area contributed by atoms with E-state index in [0.29, 0.717) is 43.8 Å². The summed E-state index contributed by atoms with van der Waals surface area (Å²) >= 11 is 0. The number of para-hydroxylation sites is 1. The van der Waals surface area contributed by atoms with Gasteiger partial charge in [0, 0.05) is 37.5 Å². The largest absolute Gasteiger partial charge is 0.369 e. The van der Waals surface area contributed by atoms with Crippen LogP contribution in [-0.2, 0) is 9.59 Å². The van der Waals surface area contributed by atoms with Crippen molar-refractivity contribution >= 4 is 28.5 Å². The molecule has 2 amide bonds. The second-order valence-electron chi connectivity index (χ2n) is 7.29. The molecule has 2 aliphatic heterocycles. The van der Waals surface area contributed by atoms with E-state index in [-0.39, 0.29) is 18.4 Å². The number of likely N-dealkylation sites (tertiary alicyclic amines) is 1. The van der Waals surface area contributed by atoms with E-state index in [1.165, 1.54) is 0 Å². The fourth-order valence-corrected chi connectivity index (χ4v) is 4.08. The minimum absolute atomic E-state index is 0.0239. The van der Waals surface area contributed by atoms with Crippen LogP contribution in [0.15, 0.2) is 24.3 Å². The molecule has 1 unspecified atom stereocenters. The maximum absolute atomic E-state index is 13.2. The molecule has 0 aliphatic carbocycles. The lowest BCUT2D eigenvalue weighted by Crippen LogP contribution is -2.46. The third kappa shape index (κ3) is 3.36. The first kappa shape index (κ1) is 18.5. The maximum Gasteiger partial charge on any atom is 0.297 e. The molecule has 9 heteroatoms. The van der Waals surface area contributed by atoms with Gasteiger partial charge in [-0.15, -0.1) is 0 Å². The van der Waals surface area contributed by atoms with Gasteiger partial charge in [-0.2, -0.15) is 0 Å². The summed E-state index contributed by atoms with van der Waals surface area (Å²) < 4.78 is 26.5. The highest BCUT2D eigenvalue weighted by Crippen LogP contribution is 2.31. The number of alkyl halides is 2. The number of halogens is 2. The van der Waals surface area contributed by atoms with Crippen LogP contribution in [0.3, 0.4) is 0 Å². The predicted molar refractivity (Wildman–Crippen MR) is 98.7 cm³/mol. The van der Waals surface area contributed by atoms with Gasteiger partial charge in [0.1, 0.15) is 5.82 Å². The summed E-state index contributed by atoms with van der Waals surface area (Å²) in [4.78, 5) is 35.4. The zero-order valence-electron chi connectivity index (χ0n) is 15.2. The normalized spacial score (nSPS) is 21.1. The van der Waals surface area contributed by atoms with Crippen molar-refractivity contribution < 1.29 is 18.4 Å². The molecule has 0 spiro atoms. The average Bonchev–Trinajstić information content (AvgIpc) is 3.09. The first-order chi connectivity index (χ1) is 13.4. The Hall–Kier alpha value is -2.84. The van der Waals surface area contributed by atoms with Crippen molar-refractivity contribution in [2.45, 2.75) is 31.7 Å². The number of hydrogen-bond donors (Lipinski definition) is 1. The van der Waals surface area contributed by atoms with E-state index in [9.17, 15) is 18.4 Å². The van der Waals surface area contributed by atoms with E-state index in [1.54, 1.807) is 17.0 Å². The SMILES string of the molecule is NC(=O)C1CC(=O)N(C2CCN(c3nc(C(F)F)nc4ccccc34)CC2)C1. The number of carbonyl (C=O) groups is 2. The average molecular weight is 389 g/mol. The minimum atomic E-state index is -2.74. The van der Waals surface area contributed by atoms with Crippen molar-refractivity contribution in [3.05, 3.63) is 30.1 Å². The molecule has 2 aliphatic rings. The number of hydrogen-bond acceptors (Lipinski definition) is 5.